The third kappa shape index (κ3) is 5.04. The van der Waals surface area contributed by atoms with Crippen LogP contribution in [0.5, 0.6) is 5.75 Å². The molecular formula is C23H27FN4O2. The Labute approximate surface area is 175 Å². The SMILES string of the molecule is CCCC(O)C(C)(C)c1ccc(Nc2ncc(F)c(Nc3cccc(O)c3)n2)cc1. The number of benzene rings is 2. The predicted molar refractivity (Wildman–Crippen MR) is 117 cm³/mol. The lowest BCUT2D eigenvalue weighted by Crippen LogP contribution is -2.33. The van der Waals surface area contributed by atoms with Crippen LogP contribution in [0.4, 0.5) is 27.5 Å². The molecule has 0 fully saturated rings. The number of aliphatic hydroxyl groups excluding tert-OH is 1. The monoisotopic (exact) mass is 410 g/mol. The lowest BCUT2D eigenvalue weighted by Gasteiger charge is -2.31. The van der Waals surface area contributed by atoms with Gasteiger partial charge >= 0.3 is 0 Å². The smallest absolute Gasteiger partial charge is 0.229 e. The molecule has 1 unspecified atom stereocenters. The molecule has 4 N–H and O–H groups in total. The van der Waals surface area contributed by atoms with E-state index in [0.29, 0.717) is 5.69 Å². The van der Waals surface area contributed by atoms with Crippen molar-refractivity contribution in [3.05, 3.63) is 66.1 Å². The van der Waals surface area contributed by atoms with E-state index >= 15 is 0 Å². The Kier molecular flexibility index (Phi) is 6.52. The molecule has 6 nitrogen and oxygen atoms in total. The molecule has 30 heavy (non-hydrogen) atoms. The Bertz CT molecular complexity index is 993. The average Bonchev–Trinajstić information content (AvgIpc) is 2.71. The summed E-state index contributed by atoms with van der Waals surface area (Å²) < 4.78 is 14.1. The van der Waals surface area contributed by atoms with Crippen LogP contribution in [0.15, 0.2) is 54.7 Å². The number of rotatable bonds is 8. The zero-order valence-corrected chi connectivity index (χ0v) is 17.4. The second-order valence-electron chi connectivity index (χ2n) is 7.79. The Morgan fingerprint density at radius 1 is 1.07 bits per heavy atom. The zero-order valence-electron chi connectivity index (χ0n) is 17.4. The molecule has 3 aromatic rings. The number of aromatic nitrogens is 2. The zero-order chi connectivity index (χ0) is 21.7. The van der Waals surface area contributed by atoms with Gasteiger partial charge in [0.25, 0.3) is 0 Å². The number of aliphatic hydroxyl groups is 1. The summed E-state index contributed by atoms with van der Waals surface area (Å²) in [5.41, 5.74) is 1.92. The van der Waals surface area contributed by atoms with Gasteiger partial charge in [-0.05, 0) is 36.2 Å². The van der Waals surface area contributed by atoms with E-state index in [1.165, 1.54) is 12.1 Å². The van der Waals surface area contributed by atoms with Gasteiger partial charge in [-0.1, -0.05) is 45.4 Å². The summed E-state index contributed by atoms with van der Waals surface area (Å²) in [5, 5.41) is 25.9. The van der Waals surface area contributed by atoms with Crippen molar-refractivity contribution in [3.63, 3.8) is 0 Å². The van der Waals surface area contributed by atoms with Gasteiger partial charge in [-0.3, -0.25) is 0 Å². The van der Waals surface area contributed by atoms with Crippen molar-refractivity contribution in [1.29, 1.82) is 0 Å². The Morgan fingerprint density at radius 3 is 2.47 bits per heavy atom. The predicted octanol–water partition coefficient (Wildman–Crippen LogP) is 5.25. The Hall–Kier alpha value is -3.19. The summed E-state index contributed by atoms with van der Waals surface area (Å²) in [5.74, 6) is -0.304. The van der Waals surface area contributed by atoms with E-state index in [-0.39, 0.29) is 22.9 Å². The molecule has 158 valence electrons. The third-order valence-electron chi connectivity index (χ3n) is 5.13. The summed E-state index contributed by atoms with van der Waals surface area (Å²) in [7, 11) is 0. The average molecular weight is 410 g/mol. The van der Waals surface area contributed by atoms with Gasteiger partial charge in [0, 0.05) is 22.9 Å². The van der Waals surface area contributed by atoms with Crippen LogP contribution in [0.1, 0.15) is 39.2 Å². The van der Waals surface area contributed by atoms with E-state index in [9.17, 15) is 14.6 Å². The van der Waals surface area contributed by atoms with Crippen LogP contribution in [-0.2, 0) is 5.41 Å². The normalized spacial score (nSPS) is 12.4. The van der Waals surface area contributed by atoms with E-state index in [4.69, 9.17) is 0 Å². The summed E-state index contributed by atoms with van der Waals surface area (Å²) >= 11 is 0. The molecule has 0 aliphatic rings. The lowest BCUT2D eigenvalue weighted by molar-refractivity contribution is 0.0905. The lowest BCUT2D eigenvalue weighted by atomic mass is 9.78. The van der Waals surface area contributed by atoms with Crippen LogP contribution in [-0.4, -0.2) is 26.3 Å². The van der Waals surface area contributed by atoms with Gasteiger partial charge in [0.15, 0.2) is 11.6 Å². The molecule has 1 atom stereocenters. The number of nitrogens with one attached hydrogen (secondary N) is 2. The maximum atomic E-state index is 14.1. The summed E-state index contributed by atoms with van der Waals surface area (Å²) in [6.45, 7) is 6.11. The molecule has 0 aliphatic heterocycles. The quantitative estimate of drug-likeness (QED) is 0.406. The minimum absolute atomic E-state index is 0.00135. The number of hydrogen-bond acceptors (Lipinski definition) is 6. The highest BCUT2D eigenvalue weighted by atomic mass is 19.1. The molecule has 0 saturated carbocycles. The van der Waals surface area contributed by atoms with Gasteiger partial charge in [0.1, 0.15) is 5.75 Å². The van der Waals surface area contributed by atoms with Crippen molar-refractivity contribution in [3.8, 4) is 5.75 Å². The van der Waals surface area contributed by atoms with E-state index in [2.05, 4.69) is 27.5 Å². The van der Waals surface area contributed by atoms with Crippen molar-refractivity contribution < 1.29 is 14.6 Å². The fourth-order valence-corrected chi connectivity index (χ4v) is 3.17. The third-order valence-corrected chi connectivity index (χ3v) is 5.13. The number of aromatic hydroxyl groups is 1. The first-order valence-electron chi connectivity index (χ1n) is 9.94. The van der Waals surface area contributed by atoms with Gasteiger partial charge in [0.05, 0.1) is 12.3 Å². The van der Waals surface area contributed by atoms with Gasteiger partial charge in [0.2, 0.25) is 5.95 Å². The van der Waals surface area contributed by atoms with Crippen molar-refractivity contribution >= 4 is 23.1 Å². The molecule has 0 radical (unpaired) electrons. The standard InChI is InChI=1S/C23H27FN4O2/c1-4-6-20(30)23(2,3)15-9-11-16(12-10-15)27-22-25-14-19(24)21(28-22)26-17-7-5-8-18(29)13-17/h5,7-14,20,29-30H,4,6H2,1-3H3,(H2,25,26,27,28). The van der Waals surface area contributed by atoms with Gasteiger partial charge in [-0.15, -0.1) is 0 Å². The van der Waals surface area contributed by atoms with Crippen LogP contribution in [0, 0.1) is 5.82 Å². The van der Waals surface area contributed by atoms with Crippen LogP contribution in [0.25, 0.3) is 0 Å². The molecule has 0 aliphatic carbocycles. The second-order valence-corrected chi connectivity index (χ2v) is 7.79. The van der Waals surface area contributed by atoms with Crippen molar-refractivity contribution in [2.75, 3.05) is 10.6 Å². The van der Waals surface area contributed by atoms with Gasteiger partial charge in [-0.2, -0.15) is 4.98 Å². The second kappa shape index (κ2) is 9.09. The summed E-state index contributed by atoms with van der Waals surface area (Å²) in [6, 6.07) is 14.0. The highest BCUT2D eigenvalue weighted by Gasteiger charge is 2.28. The first-order chi connectivity index (χ1) is 14.3. The van der Waals surface area contributed by atoms with Gasteiger partial charge in [-0.25, -0.2) is 9.37 Å². The highest BCUT2D eigenvalue weighted by Crippen LogP contribution is 2.31. The number of nitrogens with zero attached hydrogens (tertiary/aromatic N) is 2. The molecule has 0 spiro atoms. The van der Waals surface area contributed by atoms with Crippen LogP contribution >= 0.6 is 0 Å². The number of hydrogen-bond donors (Lipinski definition) is 4. The summed E-state index contributed by atoms with van der Waals surface area (Å²) in [6.07, 6.45) is 2.32. The highest BCUT2D eigenvalue weighted by molar-refractivity contribution is 5.61. The van der Waals surface area contributed by atoms with Crippen molar-refractivity contribution in [2.45, 2.75) is 45.1 Å². The first-order valence-corrected chi connectivity index (χ1v) is 9.94. The van der Waals surface area contributed by atoms with E-state index in [1.807, 2.05) is 38.1 Å². The number of anilines is 4. The van der Waals surface area contributed by atoms with E-state index in [1.54, 1.807) is 12.1 Å². The molecule has 3 rings (SSSR count). The Balaban J connectivity index is 1.75. The van der Waals surface area contributed by atoms with Crippen LogP contribution in [0.3, 0.4) is 0 Å². The van der Waals surface area contributed by atoms with Crippen LogP contribution < -0.4 is 10.6 Å². The molecule has 1 heterocycles. The van der Waals surface area contributed by atoms with Crippen molar-refractivity contribution in [1.82, 2.24) is 9.97 Å². The molecule has 0 amide bonds. The minimum Gasteiger partial charge on any atom is -0.508 e. The molecular weight excluding hydrogens is 383 g/mol. The number of halogens is 1. The fraction of sp³-hybridized carbons (Fsp3) is 0.304. The van der Waals surface area contributed by atoms with Crippen LogP contribution in [0.2, 0.25) is 0 Å². The molecule has 7 heteroatoms. The van der Waals surface area contributed by atoms with E-state index in [0.717, 1.165) is 30.3 Å². The Morgan fingerprint density at radius 2 is 1.80 bits per heavy atom. The minimum atomic E-state index is -0.606. The van der Waals surface area contributed by atoms with Gasteiger partial charge < -0.3 is 20.8 Å². The molecule has 2 aromatic carbocycles. The van der Waals surface area contributed by atoms with E-state index < -0.39 is 11.9 Å². The fourth-order valence-electron chi connectivity index (χ4n) is 3.17. The molecule has 1 aromatic heterocycles. The maximum Gasteiger partial charge on any atom is 0.229 e. The largest absolute Gasteiger partial charge is 0.508 e. The van der Waals surface area contributed by atoms with Crippen molar-refractivity contribution in [2.24, 2.45) is 0 Å². The molecule has 0 saturated heterocycles. The maximum absolute atomic E-state index is 14.1. The molecule has 0 bridgehead atoms. The first kappa shape index (κ1) is 21.5. The number of phenolic OH excluding ortho intramolecular Hbond substituents is 1. The topological polar surface area (TPSA) is 90.3 Å². The summed E-state index contributed by atoms with van der Waals surface area (Å²) in [4.78, 5) is 8.18. The number of phenols is 1.